The van der Waals surface area contributed by atoms with Gasteiger partial charge in [-0.05, 0) is 54.8 Å². The maximum atomic E-state index is 13.0. The van der Waals surface area contributed by atoms with E-state index in [1.807, 2.05) is 49.4 Å². The van der Waals surface area contributed by atoms with Gasteiger partial charge in [-0.3, -0.25) is 9.59 Å². The standard InChI is InChI=1S/C23H20N2O2/c1-16-7-2-4-11-20(16)24-22(26)18-9-6-10-19(15-18)23(27)25-14-13-17-8-3-5-12-21(17)25/h2-12,15H,13-14H2,1H3,(H,24,26). The van der Waals surface area contributed by atoms with E-state index in [1.54, 1.807) is 29.2 Å². The Morgan fingerprint density at radius 3 is 2.48 bits per heavy atom. The Morgan fingerprint density at radius 1 is 0.889 bits per heavy atom. The summed E-state index contributed by atoms with van der Waals surface area (Å²) in [6, 6.07) is 22.5. The summed E-state index contributed by atoms with van der Waals surface area (Å²) in [4.78, 5) is 27.4. The molecule has 1 aliphatic rings. The molecule has 2 amide bonds. The van der Waals surface area contributed by atoms with Crippen LogP contribution in [0.5, 0.6) is 0 Å². The molecule has 0 spiro atoms. The van der Waals surface area contributed by atoms with Gasteiger partial charge in [0.15, 0.2) is 0 Å². The highest BCUT2D eigenvalue weighted by molar-refractivity contribution is 6.10. The molecule has 4 rings (SSSR count). The lowest BCUT2D eigenvalue weighted by atomic mass is 10.1. The minimum absolute atomic E-state index is 0.0782. The summed E-state index contributed by atoms with van der Waals surface area (Å²) < 4.78 is 0. The smallest absolute Gasteiger partial charge is 0.258 e. The molecule has 4 heteroatoms. The van der Waals surface area contributed by atoms with E-state index in [-0.39, 0.29) is 11.8 Å². The summed E-state index contributed by atoms with van der Waals surface area (Å²) in [6.45, 7) is 2.61. The van der Waals surface area contributed by atoms with Crippen molar-refractivity contribution in [1.82, 2.24) is 0 Å². The molecule has 0 fully saturated rings. The maximum absolute atomic E-state index is 13.0. The van der Waals surface area contributed by atoms with Gasteiger partial charge >= 0.3 is 0 Å². The van der Waals surface area contributed by atoms with Gasteiger partial charge in [0, 0.05) is 29.0 Å². The number of carbonyl (C=O) groups is 2. The van der Waals surface area contributed by atoms with Crippen molar-refractivity contribution in [3.05, 3.63) is 95.1 Å². The van der Waals surface area contributed by atoms with E-state index in [0.717, 1.165) is 23.4 Å². The highest BCUT2D eigenvalue weighted by Gasteiger charge is 2.25. The van der Waals surface area contributed by atoms with Crippen LogP contribution in [0.2, 0.25) is 0 Å². The predicted octanol–water partition coefficient (Wildman–Crippen LogP) is 4.45. The first kappa shape index (κ1) is 17.0. The number of rotatable bonds is 3. The molecular weight excluding hydrogens is 336 g/mol. The fourth-order valence-corrected chi connectivity index (χ4v) is 3.41. The molecule has 0 bridgehead atoms. The Morgan fingerprint density at radius 2 is 1.63 bits per heavy atom. The summed E-state index contributed by atoms with van der Waals surface area (Å²) in [5.41, 5.74) is 4.89. The highest BCUT2D eigenvalue weighted by Crippen LogP contribution is 2.29. The van der Waals surface area contributed by atoms with Crippen LogP contribution in [0.25, 0.3) is 0 Å². The van der Waals surface area contributed by atoms with Crippen LogP contribution in [-0.2, 0) is 6.42 Å². The molecule has 1 aliphatic heterocycles. The molecule has 1 N–H and O–H groups in total. The van der Waals surface area contributed by atoms with Crippen molar-refractivity contribution in [2.75, 3.05) is 16.8 Å². The molecule has 0 aromatic heterocycles. The van der Waals surface area contributed by atoms with Crippen LogP contribution in [0.3, 0.4) is 0 Å². The topological polar surface area (TPSA) is 49.4 Å². The van der Waals surface area contributed by atoms with Crippen molar-refractivity contribution in [3.8, 4) is 0 Å². The van der Waals surface area contributed by atoms with Gasteiger partial charge in [-0.15, -0.1) is 0 Å². The Kier molecular flexibility index (Phi) is 4.47. The molecule has 0 saturated carbocycles. The zero-order chi connectivity index (χ0) is 18.8. The number of aryl methyl sites for hydroxylation is 1. The average molecular weight is 356 g/mol. The van der Waals surface area contributed by atoms with Crippen LogP contribution in [0.15, 0.2) is 72.8 Å². The molecule has 4 nitrogen and oxygen atoms in total. The normalized spacial score (nSPS) is 12.6. The first-order valence-electron chi connectivity index (χ1n) is 9.00. The molecule has 3 aromatic carbocycles. The van der Waals surface area contributed by atoms with Gasteiger partial charge in [0.2, 0.25) is 0 Å². The number of hydrogen-bond donors (Lipinski definition) is 1. The summed E-state index contributed by atoms with van der Waals surface area (Å²) in [5, 5.41) is 2.91. The SMILES string of the molecule is Cc1ccccc1NC(=O)c1cccc(C(=O)N2CCc3ccccc32)c1. The van der Waals surface area contributed by atoms with Crippen molar-refractivity contribution < 1.29 is 9.59 Å². The van der Waals surface area contributed by atoms with Crippen LogP contribution >= 0.6 is 0 Å². The molecule has 1 heterocycles. The quantitative estimate of drug-likeness (QED) is 0.754. The molecule has 3 aromatic rings. The predicted molar refractivity (Wildman–Crippen MR) is 107 cm³/mol. The van der Waals surface area contributed by atoms with Crippen LogP contribution < -0.4 is 10.2 Å². The average Bonchev–Trinajstić information content (AvgIpc) is 3.13. The zero-order valence-electron chi connectivity index (χ0n) is 15.1. The summed E-state index contributed by atoms with van der Waals surface area (Å²) in [5.74, 6) is -0.300. The van der Waals surface area contributed by atoms with Crippen molar-refractivity contribution in [3.63, 3.8) is 0 Å². The molecule has 0 aliphatic carbocycles. The number of hydrogen-bond acceptors (Lipinski definition) is 2. The van der Waals surface area contributed by atoms with Crippen molar-refractivity contribution >= 4 is 23.2 Å². The van der Waals surface area contributed by atoms with Gasteiger partial charge < -0.3 is 10.2 Å². The first-order chi connectivity index (χ1) is 13.1. The molecule has 0 atom stereocenters. The van der Waals surface area contributed by atoms with Crippen molar-refractivity contribution in [2.24, 2.45) is 0 Å². The van der Waals surface area contributed by atoms with E-state index in [4.69, 9.17) is 0 Å². The highest BCUT2D eigenvalue weighted by atomic mass is 16.2. The fourth-order valence-electron chi connectivity index (χ4n) is 3.41. The van der Waals surface area contributed by atoms with Gasteiger partial charge in [0.1, 0.15) is 0 Å². The molecule has 0 saturated heterocycles. The van der Waals surface area contributed by atoms with Gasteiger partial charge in [-0.25, -0.2) is 0 Å². The number of anilines is 2. The zero-order valence-corrected chi connectivity index (χ0v) is 15.1. The van der Waals surface area contributed by atoms with Crippen LogP contribution in [-0.4, -0.2) is 18.4 Å². The Labute approximate surface area is 158 Å². The Bertz CT molecular complexity index is 1030. The lowest BCUT2D eigenvalue weighted by Gasteiger charge is -2.17. The molecule has 0 unspecified atom stereocenters. The third kappa shape index (κ3) is 3.34. The monoisotopic (exact) mass is 356 g/mol. The number of fused-ring (bicyclic) bond motifs is 1. The number of nitrogens with one attached hydrogen (secondary N) is 1. The summed E-state index contributed by atoms with van der Waals surface area (Å²) in [6.07, 6.45) is 0.857. The number of para-hydroxylation sites is 2. The van der Waals surface area contributed by atoms with Crippen LogP contribution in [0.4, 0.5) is 11.4 Å². The second kappa shape index (κ2) is 7.08. The Hall–Kier alpha value is -3.40. The summed E-state index contributed by atoms with van der Waals surface area (Å²) in [7, 11) is 0. The van der Waals surface area contributed by atoms with E-state index < -0.39 is 0 Å². The van der Waals surface area contributed by atoms with Gasteiger partial charge in [-0.2, -0.15) is 0 Å². The van der Waals surface area contributed by atoms with E-state index in [9.17, 15) is 9.59 Å². The lowest BCUT2D eigenvalue weighted by Crippen LogP contribution is -2.29. The van der Waals surface area contributed by atoms with E-state index in [1.165, 1.54) is 5.56 Å². The van der Waals surface area contributed by atoms with E-state index in [0.29, 0.717) is 17.7 Å². The number of amides is 2. The fraction of sp³-hybridized carbons (Fsp3) is 0.130. The lowest BCUT2D eigenvalue weighted by molar-refractivity contribution is 0.0989. The van der Waals surface area contributed by atoms with Gasteiger partial charge in [0.05, 0.1) is 0 Å². The Balaban J connectivity index is 1.57. The van der Waals surface area contributed by atoms with Crippen molar-refractivity contribution in [1.29, 1.82) is 0 Å². The van der Waals surface area contributed by atoms with Crippen molar-refractivity contribution in [2.45, 2.75) is 13.3 Å². The second-order valence-electron chi connectivity index (χ2n) is 6.69. The molecular formula is C23H20N2O2. The first-order valence-corrected chi connectivity index (χ1v) is 9.00. The third-order valence-electron chi connectivity index (χ3n) is 4.90. The number of carbonyl (C=O) groups excluding carboxylic acids is 2. The second-order valence-corrected chi connectivity index (χ2v) is 6.69. The largest absolute Gasteiger partial charge is 0.322 e. The van der Waals surface area contributed by atoms with E-state index >= 15 is 0 Å². The van der Waals surface area contributed by atoms with Crippen LogP contribution in [0.1, 0.15) is 31.8 Å². The van der Waals surface area contributed by atoms with E-state index in [2.05, 4.69) is 11.4 Å². The minimum Gasteiger partial charge on any atom is -0.322 e. The van der Waals surface area contributed by atoms with Gasteiger partial charge in [-0.1, -0.05) is 42.5 Å². The molecule has 27 heavy (non-hydrogen) atoms. The maximum Gasteiger partial charge on any atom is 0.258 e. The minimum atomic E-state index is -0.222. The number of benzene rings is 3. The summed E-state index contributed by atoms with van der Waals surface area (Å²) >= 11 is 0. The third-order valence-corrected chi connectivity index (χ3v) is 4.90. The molecule has 0 radical (unpaired) electrons. The van der Waals surface area contributed by atoms with Crippen LogP contribution in [0, 0.1) is 6.92 Å². The molecule has 134 valence electrons. The van der Waals surface area contributed by atoms with Gasteiger partial charge in [0.25, 0.3) is 11.8 Å². The number of nitrogens with zero attached hydrogens (tertiary/aromatic N) is 1.